The van der Waals surface area contributed by atoms with Crippen LogP contribution in [0.4, 0.5) is 5.69 Å². The number of benzene rings is 1. The molecule has 5 heteroatoms. The fourth-order valence-corrected chi connectivity index (χ4v) is 2.20. The molecule has 94 valence electrons. The van der Waals surface area contributed by atoms with Crippen LogP contribution in [0.2, 0.25) is 0 Å². The van der Waals surface area contributed by atoms with Crippen molar-refractivity contribution in [3.8, 4) is 11.4 Å². The van der Waals surface area contributed by atoms with E-state index >= 15 is 0 Å². The summed E-state index contributed by atoms with van der Waals surface area (Å²) in [6.07, 6.45) is 4.11. The summed E-state index contributed by atoms with van der Waals surface area (Å²) in [7, 11) is 1.85. The highest BCUT2D eigenvalue weighted by Gasteiger charge is 2.16. The third-order valence-electron chi connectivity index (χ3n) is 3.56. The number of nitrogens with zero attached hydrogens (tertiary/aromatic N) is 4. The highest BCUT2D eigenvalue weighted by molar-refractivity contribution is 5.62. The van der Waals surface area contributed by atoms with E-state index in [4.69, 9.17) is 0 Å². The summed E-state index contributed by atoms with van der Waals surface area (Å²) in [6.45, 7) is 1.07. The molecule has 0 amide bonds. The smallest absolute Gasteiger partial charge is 0.181 e. The highest BCUT2D eigenvalue weighted by Crippen LogP contribution is 2.27. The minimum Gasteiger partial charge on any atom is -0.385 e. The Kier molecular flexibility index (Phi) is 2.96. The number of hydrogen-bond donors (Lipinski definition) is 1. The van der Waals surface area contributed by atoms with Crippen molar-refractivity contribution < 1.29 is 0 Å². The van der Waals surface area contributed by atoms with Gasteiger partial charge in [-0.15, -0.1) is 5.10 Å². The normalized spacial score (nSPS) is 15.4. The fourth-order valence-electron chi connectivity index (χ4n) is 2.20. The van der Waals surface area contributed by atoms with Gasteiger partial charge in [0, 0.05) is 24.8 Å². The Balaban J connectivity index is 1.74. The Morgan fingerprint density at radius 3 is 2.94 bits per heavy atom. The maximum atomic E-state index is 4.02. The zero-order valence-electron chi connectivity index (χ0n) is 10.5. The zero-order chi connectivity index (χ0) is 12.4. The molecule has 0 bridgehead atoms. The van der Waals surface area contributed by atoms with Gasteiger partial charge in [0.05, 0.1) is 0 Å². The van der Waals surface area contributed by atoms with E-state index in [0.717, 1.165) is 29.5 Å². The fraction of sp³-hybridized carbons (Fsp3) is 0.462. The van der Waals surface area contributed by atoms with Gasteiger partial charge >= 0.3 is 0 Å². The first-order valence-electron chi connectivity index (χ1n) is 6.39. The van der Waals surface area contributed by atoms with Crippen molar-refractivity contribution in [2.24, 2.45) is 13.0 Å². The second kappa shape index (κ2) is 4.76. The van der Waals surface area contributed by atoms with E-state index in [1.807, 2.05) is 19.2 Å². The lowest BCUT2D eigenvalue weighted by molar-refractivity contribution is 0.333. The SMILES string of the molecule is Cn1nnnc1-c1cccc(NCC2CCC2)c1. The van der Waals surface area contributed by atoms with Gasteiger partial charge in [0.25, 0.3) is 0 Å². The van der Waals surface area contributed by atoms with Crippen LogP contribution < -0.4 is 5.32 Å². The Bertz CT molecular complexity index is 530. The molecule has 1 aliphatic rings. The minimum absolute atomic E-state index is 0.794. The second-order valence-corrected chi connectivity index (χ2v) is 4.88. The van der Waals surface area contributed by atoms with E-state index in [0.29, 0.717) is 0 Å². The number of rotatable bonds is 4. The third kappa shape index (κ3) is 2.20. The lowest BCUT2D eigenvalue weighted by atomic mass is 9.85. The summed E-state index contributed by atoms with van der Waals surface area (Å²) in [5, 5.41) is 15.0. The van der Waals surface area contributed by atoms with Gasteiger partial charge in [-0.3, -0.25) is 0 Å². The maximum absolute atomic E-state index is 4.02. The van der Waals surface area contributed by atoms with E-state index in [1.165, 1.54) is 19.3 Å². The Morgan fingerprint density at radius 1 is 1.39 bits per heavy atom. The van der Waals surface area contributed by atoms with Gasteiger partial charge in [-0.2, -0.15) is 0 Å². The van der Waals surface area contributed by atoms with Crippen molar-refractivity contribution >= 4 is 5.69 Å². The largest absolute Gasteiger partial charge is 0.385 e. The predicted molar refractivity (Wildman–Crippen MR) is 70.1 cm³/mol. The molecule has 1 heterocycles. The van der Waals surface area contributed by atoms with Crippen molar-refractivity contribution in [1.29, 1.82) is 0 Å². The molecule has 1 saturated carbocycles. The second-order valence-electron chi connectivity index (χ2n) is 4.88. The number of aromatic nitrogens is 4. The molecule has 3 rings (SSSR count). The molecule has 1 aromatic carbocycles. The minimum atomic E-state index is 0.794. The van der Waals surface area contributed by atoms with E-state index in [-0.39, 0.29) is 0 Å². The van der Waals surface area contributed by atoms with E-state index in [1.54, 1.807) is 4.68 Å². The highest BCUT2D eigenvalue weighted by atomic mass is 15.5. The van der Waals surface area contributed by atoms with E-state index in [2.05, 4.69) is 33.0 Å². The van der Waals surface area contributed by atoms with Crippen LogP contribution in [0.1, 0.15) is 19.3 Å². The summed E-state index contributed by atoms with van der Waals surface area (Å²) >= 11 is 0. The van der Waals surface area contributed by atoms with Crippen LogP contribution in [0.15, 0.2) is 24.3 Å². The van der Waals surface area contributed by atoms with Crippen LogP contribution >= 0.6 is 0 Å². The van der Waals surface area contributed by atoms with E-state index in [9.17, 15) is 0 Å². The first kappa shape index (κ1) is 11.2. The van der Waals surface area contributed by atoms with Crippen LogP contribution in [-0.4, -0.2) is 26.8 Å². The van der Waals surface area contributed by atoms with Crippen molar-refractivity contribution in [2.75, 3.05) is 11.9 Å². The van der Waals surface area contributed by atoms with Gasteiger partial charge in [0.15, 0.2) is 5.82 Å². The number of anilines is 1. The molecule has 5 nitrogen and oxygen atoms in total. The average Bonchev–Trinajstić information content (AvgIpc) is 2.74. The van der Waals surface area contributed by atoms with Gasteiger partial charge in [0.1, 0.15) is 0 Å². The Labute approximate surface area is 106 Å². The number of tetrazole rings is 1. The molecular formula is C13H17N5. The van der Waals surface area contributed by atoms with Crippen LogP contribution in [0, 0.1) is 5.92 Å². The monoisotopic (exact) mass is 243 g/mol. The Hall–Kier alpha value is -1.91. The first-order chi connectivity index (χ1) is 8.83. The third-order valence-corrected chi connectivity index (χ3v) is 3.56. The van der Waals surface area contributed by atoms with Crippen LogP contribution in [0.3, 0.4) is 0 Å². The van der Waals surface area contributed by atoms with Gasteiger partial charge in [0.2, 0.25) is 0 Å². The molecule has 0 spiro atoms. The first-order valence-corrected chi connectivity index (χ1v) is 6.39. The number of nitrogens with one attached hydrogen (secondary N) is 1. The molecule has 0 unspecified atom stereocenters. The predicted octanol–water partition coefficient (Wildman–Crippen LogP) is 2.09. The van der Waals surface area contributed by atoms with Crippen molar-refractivity contribution in [1.82, 2.24) is 20.2 Å². The van der Waals surface area contributed by atoms with Crippen molar-refractivity contribution in [3.05, 3.63) is 24.3 Å². The number of hydrogen-bond acceptors (Lipinski definition) is 4. The van der Waals surface area contributed by atoms with Crippen LogP contribution in [0.5, 0.6) is 0 Å². The summed E-state index contributed by atoms with van der Waals surface area (Å²) in [6, 6.07) is 8.25. The molecule has 0 aliphatic heterocycles. The molecule has 2 aromatic rings. The van der Waals surface area contributed by atoms with Gasteiger partial charge in [-0.1, -0.05) is 18.6 Å². The molecule has 0 atom stereocenters. The lowest BCUT2D eigenvalue weighted by Crippen LogP contribution is -2.20. The van der Waals surface area contributed by atoms with Crippen molar-refractivity contribution in [3.63, 3.8) is 0 Å². The standard InChI is InChI=1S/C13H17N5/c1-18-13(15-16-17-18)11-6-3-7-12(8-11)14-9-10-4-2-5-10/h3,6-8,10,14H,2,4-5,9H2,1H3. The van der Waals surface area contributed by atoms with Gasteiger partial charge in [-0.25, -0.2) is 4.68 Å². The molecule has 0 radical (unpaired) electrons. The average molecular weight is 243 g/mol. The topological polar surface area (TPSA) is 55.6 Å². The molecular weight excluding hydrogens is 226 g/mol. The summed E-state index contributed by atoms with van der Waals surface area (Å²) in [5.74, 6) is 1.65. The summed E-state index contributed by atoms with van der Waals surface area (Å²) in [5.41, 5.74) is 2.18. The summed E-state index contributed by atoms with van der Waals surface area (Å²) in [4.78, 5) is 0. The molecule has 1 fully saturated rings. The van der Waals surface area contributed by atoms with E-state index < -0.39 is 0 Å². The quantitative estimate of drug-likeness (QED) is 0.893. The zero-order valence-corrected chi connectivity index (χ0v) is 10.5. The van der Waals surface area contributed by atoms with Crippen LogP contribution in [0.25, 0.3) is 11.4 Å². The number of aryl methyl sites for hydroxylation is 1. The maximum Gasteiger partial charge on any atom is 0.181 e. The van der Waals surface area contributed by atoms with Gasteiger partial charge in [-0.05, 0) is 41.3 Å². The van der Waals surface area contributed by atoms with Crippen LogP contribution in [-0.2, 0) is 7.05 Å². The molecule has 1 aliphatic carbocycles. The summed E-state index contributed by atoms with van der Waals surface area (Å²) < 4.78 is 1.69. The van der Waals surface area contributed by atoms with Gasteiger partial charge < -0.3 is 5.32 Å². The molecule has 0 saturated heterocycles. The Morgan fingerprint density at radius 2 is 2.28 bits per heavy atom. The molecule has 1 N–H and O–H groups in total. The van der Waals surface area contributed by atoms with Crippen molar-refractivity contribution in [2.45, 2.75) is 19.3 Å². The molecule has 1 aromatic heterocycles. The lowest BCUT2D eigenvalue weighted by Gasteiger charge is -2.25. The molecule has 18 heavy (non-hydrogen) atoms.